The molecule has 4 aromatic rings. The Hall–Kier alpha value is -3.93. The lowest BCUT2D eigenvalue weighted by Crippen LogP contribution is -2.11. The van der Waals surface area contributed by atoms with Gasteiger partial charge in [0.05, 0.1) is 6.20 Å². The molecule has 2 aromatic heterocycles. The Balaban J connectivity index is 1.40. The van der Waals surface area contributed by atoms with Crippen molar-refractivity contribution in [1.29, 1.82) is 0 Å². The Kier molecular flexibility index (Phi) is 4.84. The van der Waals surface area contributed by atoms with Crippen molar-refractivity contribution in [3.8, 4) is 11.1 Å². The Morgan fingerprint density at radius 2 is 1.46 bits per heavy atom. The molecule has 1 amide bonds. The van der Waals surface area contributed by atoms with Gasteiger partial charge in [0.2, 0.25) is 0 Å². The largest absolute Gasteiger partial charge is 0.355 e. The fourth-order valence-corrected chi connectivity index (χ4v) is 2.83. The first-order chi connectivity index (χ1) is 13.7. The molecule has 2 N–H and O–H groups in total. The van der Waals surface area contributed by atoms with E-state index in [1.165, 1.54) is 0 Å². The van der Waals surface area contributed by atoms with Crippen LogP contribution in [-0.2, 0) is 7.05 Å². The lowest BCUT2D eigenvalue weighted by Gasteiger charge is -2.08. The van der Waals surface area contributed by atoms with Crippen molar-refractivity contribution >= 4 is 23.0 Å². The second-order valence-corrected chi connectivity index (χ2v) is 6.37. The van der Waals surface area contributed by atoms with Gasteiger partial charge in [-0.05, 0) is 54.1 Å². The van der Waals surface area contributed by atoms with E-state index in [0.29, 0.717) is 5.56 Å². The lowest BCUT2D eigenvalue weighted by atomic mass is 10.1. The Morgan fingerprint density at radius 1 is 0.821 bits per heavy atom. The third-order valence-corrected chi connectivity index (χ3v) is 4.30. The fraction of sp³-hybridized carbons (Fsp3) is 0.0455. The predicted molar refractivity (Wildman–Crippen MR) is 111 cm³/mol. The fourth-order valence-electron chi connectivity index (χ4n) is 2.83. The molecule has 2 heterocycles. The first-order valence-electron chi connectivity index (χ1n) is 8.85. The van der Waals surface area contributed by atoms with Gasteiger partial charge in [-0.3, -0.25) is 14.5 Å². The van der Waals surface area contributed by atoms with Crippen LogP contribution in [0, 0.1) is 0 Å². The van der Waals surface area contributed by atoms with Gasteiger partial charge in [-0.25, -0.2) is 0 Å². The molecule has 6 nitrogen and oxygen atoms in total. The number of benzene rings is 2. The van der Waals surface area contributed by atoms with E-state index < -0.39 is 0 Å². The topological polar surface area (TPSA) is 71.8 Å². The van der Waals surface area contributed by atoms with Crippen molar-refractivity contribution in [1.82, 2.24) is 14.8 Å². The number of carbonyl (C=O) groups excluding carboxylic acids is 1. The van der Waals surface area contributed by atoms with Gasteiger partial charge in [0.25, 0.3) is 5.91 Å². The van der Waals surface area contributed by atoms with Gasteiger partial charge >= 0.3 is 0 Å². The highest BCUT2D eigenvalue weighted by atomic mass is 16.1. The summed E-state index contributed by atoms with van der Waals surface area (Å²) < 4.78 is 1.76. The van der Waals surface area contributed by atoms with Crippen molar-refractivity contribution in [3.05, 3.63) is 91.0 Å². The number of pyridine rings is 1. The Bertz CT molecular complexity index is 1070. The molecule has 2 aromatic carbocycles. The lowest BCUT2D eigenvalue weighted by molar-refractivity contribution is 0.102. The predicted octanol–water partition coefficient (Wildman–Crippen LogP) is 4.48. The summed E-state index contributed by atoms with van der Waals surface area (Å²) in [6.07, 6.45) is 7.22. The summed E-state index contributed by atoms with van der Waals surface area (Å²) in [6.45, 7) is 0. The van der Waals surface area contributed by atoms with Crippen molar-refractivity contribution in [3.63, 3.8) is 0 Å². The second-order valence-electron chi connectivity index (χ2n) is 6.37. The zero-order chi connectivity index (χ0) is 19.3. The van der Waals surface area contributed by atoms with Gasteiger partial charge in [-0.1, -0.05) is 12.1 Å². The summed E-state index contributed by atoms with van der Waals surface area (Å²) in [5, 5.41) is 10.4. The molecule has 0 aliphatic rings. The number of carbonyl (C=O) groups is 1. The summed E-state index contributed by atoms with van der Waals surface area (Å²) in [4.78, 5) is 16.5. The molecule has 0 radical (unpaired) electrons. The molecule has 0 fully saturated rings. The van der Waals surface area contributed by atoms with Crippen LogP contribution in [0.5, 0.6) is 0 Å². The van der Waals surface area contributed by atoms with Crippen LogP contribution in [0.25, 0.3) is 11.1 Å². The highest BCUT2D eigenvalue weighted by molar-refractivity contribution is 6.04. The minimum absolute atomic E-state index is 0.149. The average molecular weight is 369 g/mol. The van der Waals surface area contributed by atoms with E-state index in [4.69, 9.17) is 0 Å². The number of rotatable bonds is 5. The Labute approximate surface area is 162 Å². The van der Waals surface area contributed by atoms with Gasteiger partial charge < -0.3 is 10.6 Å². The maximum Gasteiger partial charge on any atom is 0.255 e. The summed E-state index contributed by atoms with van der Waals surface area (Å²) >= 11 is 0. The summed E-state index contributed by atoms with van der Waals surface area (Å²) in [7, 11) is 1.88. The quantitative estimate of drug-likeness (QED) is 0.544. The van der Waals surface area contributed by atoms with E-state index in [-0.39, 0.29) is 5.91 Å². The van der Waals surface area contributed by atoms with Crippen LogP contribution in [-0.4, -0.2) is 20.7 Å². The number of aryl methyl sites for hydroxylation is 1. The monoisotopic (exact) mass is 369 g/mol. The third-order valence-electron chi connectivity index (χ3n) is 4.30. The second kappa shape index (κ2) is 7.75. The minimum atomic E-state index is -0.149. The standard InChI is InChI=1S/C22H19N5O/c1-27-15-18(14-24-27)16-2-6-20(7-3-16)26-22(28)17-4-8-19(9-5-17)25-21-10-12-23-13-11-21/h2-15H,1H3,(H,23,25)(H,26,28). The smallest absolute Gasteiger partial charge is 0.255 e. The summed E-state index contributed by atoms with van der Waals surface area (Å²) in [6, 6.07) is 18.8. The molecule has 0 bridgehead atoms. The molecule has 28 heavy (non-hydrogen) atoms. The van der Waals surface area contributed by atoms with Crippen LogP contribution in [0.15, 0.2) is 85.5 Å². The maximum atomic E-state index is 12.5. The van der Waals surface area contributed by atoms with E-state index in [0.717, 1.165) is 28.2 Å². The molecular weight excluding hydrogens is 350 g/mol. The molecule has 0 atom stereocenters. The van der Waals surface area contributed by atoms with Gasteiger partial charge in [0, 0.05) is 53.8 Å². The molecule has 4 rings (SSSR count). The number of aromatic nitrogens is 3. The van der Waals surface area contributed by atoms with Crippen LogP contribution >= 0.6 is 0 Å². The van der Waals surface area contributed by atoms with E-state index in [1.807, 2.05) is 68.0 Å². The number of amides is 1. The molecule has 0 aliphatic carbocycles. The number of nitrogens with one attached hydrogen (secondary N) is 2. The molecule has 0 saturated carbocycles. The number of anilines is 3. The molecule has 0 unspecified atom stereocenters. The van der Waals surface area contributed by atoms with E-state index in [1.54, 1.807) is 29.2 Å². The van der Waals surface area contributed by atoms with Crippen molar-refractivity contribution in [2.45, 2.75) is 0 Å². The zero-order valence-electron chi connectivity index (χ0n) is 15.3. The molecule has 0 spiro atoms. The van der Waals surface area contributed by atoms with Gasteiger partial charge in [-0.15, -0.1) is 0 Å². The summed E-state index contributed by atoms with van der Waals surface area (Å²) in [5.74, 6) is -0.149. The van der Waals surface area contributed by atoms with Crippen molar-refractivity contribution in [2.75, 3.05) is 10.6 Å². The van der Waals surface area contributed by atoms with E-state index in [2.05, 4.69) is 20.7 Å². The zero-order valence-corrected chi connectivity index (χ0v) is 15.3. The van der Waals surface area contributed by atoms with E-state index >= 15 is 0 Å². The van der Waals surface area contributed by atoms with Crippen LogP contribution in [0.3, 0.4) is 0 Å². The molecule has 138 valence electrons. The van der Waals surface area contributed by atoms with Gasteiger partial charge in [0.1, 0.15) is 0 Å². The number of nitrogens with zero attached hydrogens (tertiary/aromatic N) is 3. The van der Waals surface area contributed by atoms with Crippen molar-refractivity contribution < 1.29 is 4.79 Å². The normalized spacial score (nSPS) is 10.5. The minimum Gasteiger partial charge on any atom is -0.355 e. The Morgan fingerprint density at radius 3 is 2.11 bits per heavy atom. The van der Waals surface area contributed by atoms with Crippen molar-refractivity contribution in [2.24, 2.45) is 7.05 Å². The number of hydrogen-bond acceptors (Lipinski definition) is 4. The highest BCUT2D eigenvalue weighted by Crippen LogP contribution is 2.21. The first kappa shape index (κ1) is 17.5. The molecule has 0 aliphatic heterocycles. The van der Waals surface area contributed by atoms with E-state index in [9.17, 15) is 4.79 Å². The molecule has 6 heteroatoms. The van der Waals surface area contributed by atoms with Gasteiger partial charge in [-0.2, -0.15) is 5.10 Å². The molecular formula is C22H19N5O. The number of hydrogen-bond donors (Lipinski definition) is 2. The molecule has 0 saturated heterocycles. The SMILES string of the molecule is Cn1cc(-c2ccc(NC(=O)c3ccc(Nc4ccncc4)cc3)cc2)cn1. The van der Waals surface area contributed by atoms with Crippen LogP contribution in [0.4, 0.5) is 17.1 Å². The highest BCUT2D eigenvalue weighted by Gasteiger charge is 2.07. The first-order valence-corrected chi connectivity index (χ1v) is 8.85. The van der Waals surface area contributed by atoms with Crippen LogP contribution < -0.4 is 10.6 Å². The van der Waals surface area contributed by atoms with Crippen LogP contribution in [0.2, 0.25) is 0 Å². The maximum absolute atomic E-state index is 12.5. The van der Waals surface area contributed by atoms with Crippen LogP contribution in [0.1, 0.15) is 10.4 Å². The summed E-state index contributed by atoms with van der Waals surface area (Å²) in [5.41, 5.74) is 5.29. The third kappa shape index (κ3) is 4.07. The average Bonchev–Trinajstić information content (AvgIpc) is 3.16. The van der Waals surface area contributed by atoms with Gasteiger partial charge in [0.15, 0.2) is 0 Å².